The molecule has 228 valence electrons. The standard InChI is InChI=1S/C32H30Cl2N4O6/c33-14-1-3-16-41-31(39)25-12-5-8-21(18-25)27-35-29(43-37-27)23-10-7-11-24(20-23)30-36-28(38-44-30)22-9-6-13-26(19-22)32(40)42-17-4-2-15-34/h5-13,18-20,31,39H,1-4,14-17H2. The highest BCUT2D eigenvalue weighted by molar-refractivity contribution is 6.18. The largest absolute Gasteiger partial charge is 0.462 e. The molecule has 1 unspecified atom stereocenters. The van der Waals surface area contributed by atoms with E-state index in [1.54, 1.807) is 48.5 Å². The third-order valence-corrected chi connectivity index (χ3v) is 7.09. The summed E-state index contributed by atoms with van der Waals surface area (Å²) in [5, 5.41) is 18.6. The molecule has 5 rings (SSSR count). The van der Waals surface area contributed by atoms with Crippen molar-refractivity contribution in [2.45, 2.75) is 32.0 Å². The molecule has 0 saturated carbocycles. The van der Waals surface area contributed by atoms with Gasteiger partial charge in [-0.3, -0.25) is 0 Å². The van der Waals surface area contributed by atoms with Gasteiger partial charge in [-0.15, -0.1) is 23.2 Å². The Labute approximate surface area is 263 Å². The summed E-state index contributed by atoms with van der Waals surface area (Å²) in [4.78, 5) is 21.5. The van der Waals surface area contributed by atoms with Crippen LogP contribution in [0.5, 0.6) is 0 Å². The maximum absolute atomic E-state index is 12.4. The molecule has 0 aliphatic carbocycles. The highest BCUT2D eigenvalue weighted by atomic mass is 35.5. The number of benzene rings is 3. The van der Waals surface area contributed by atoms with Gasteiger partial charge in [0, 0.05) is 39.6 Å². The summed E-state index contributed by atoms with van der Waals surface area (Å²) < 4.78 is 21.9. The number of hydrogen-bond donors (Lipinski definition) is 1. The molecule has 0 aliphatic heterocycles. The number of unbranched alkanes of at least 4 members (excludes halogenated alkanes) is 2. The summed E-state index contributed by atoms with van der Waals surface area (Å²) in [5.74, 6) is 1.92. The van der Waals surface area contributed by atoms with Crippen molar-refractivity contribution in [3.8, 4) is 45.7 Å². The number of rotatable bonds is 15. The number of aliphatic hydroxyl groups is 1. The molecule has 2 aromatic heterocycles. The third kappa shape index (κ3) is 8.09. The second-order valence-corrected chi connectivity index (χ2v) is 10.5. The number of aromatic nitrogens is 4. The zero-order valence-electron chi connectivity index (χ0n) is 23.7. The third-order valence-electron chi connectivity index (χ3n) is 6.56. The minimum atomic E-state index is -1.07. The van der Waals surface area contributed by atoms with E-state index in [9.17, 15) is 9.90 Å². The number of carbonyl (C=O) groups excluding carboxylic acids is 1. The lowest BCUT2D eigenvalue weighted by molar-refractivity contribution is -0.103. The minimum Gasteiger partial charge on any atom is -0.462 e. The van der Waals surface area contributed by atoms with Crippen LogP contribution < -0.4 is 0 Å². The number of hydrogen-bond acceptors (Lipinski definition) is 10. The van der Waals surface area contributed by atoms with Gasteiger partial charge in [-0.25, -0.2) is 4.79 Å². The highest BCUT2D eigenvalue weighted by Crippen LogP contribution is 2.29. The molecule has 2 heterocycles. The quantitative estimate of drug-likeness (QED) is 0.0539. The smallest absolute Gasteiger partial charge is 0.338 e. The monoisotopic (exact) mass is 636 g/mol. The van der Waals surface area contributed by atoms with Gasteiger partial charge in [-0.1, -0.05) is 46.7 Å². The van der Waals surface area contributed by atoms with Gasteiger partial charge in [-0.2, -0.15) is 9.97 Å². The maximum atomic E-state index is 12.4. The Hall–Kier alpha value is -4.09. The van der Waals surface area contributed by atoms with Crippen LogP contribution in [0, 0.1) is 0 Å². The second kappa shape index (κ2) is 15.6. The predicted octanol–water partition coefficient (Wildman–Crippen LogP) is 7.32. The second-order valence-electron chi connectivity index (χ2n) is 9.78. The fourth-order valence-electron chi connectivity index (χ4n) is 4.25. The van der Waals surface area contributed by atoms with Crippen molar-refractivity contribution in [3.05, 3.63) is 83.9 Å². The first kappa shape index (κ1) is 31.3. The van der Waals surface area contributed by atoms with Crippen LogP contribution in [0.4, 0.5) is 0 Å². The van der Waals surface area contributed by atoms with Gasteiger partial charge in [-0.05, 0) is 62.1 Å². The number of aliphatic hydroxyl groups excluding tert-OH is 1. The minimum absolute atomic E-state index is 0.281. The van der Waals surface area contributed by atoms with E-state index in [-0.39, 0.29) is 5.89 Å². The van der Waals surface area contributed by atoms with Crippen LogP contribution in [0.25, 0.3) is 45.7 Å². The molecule has 5 aromatic rings. The molecule has 12 heteroatoms. The van der Waals surface area contributed by atoms with E-state index in [1.165, 1.54) is 0 Å². The lowest BCUT2D eigenvalue weighted by atomic mass is 10.1. The van der Waals surface area contributed by atoms with Gasteiger partial charge >= 0.3 is 5.97 Å². The normalized spacial score (nSPS) is 11.9. The van der Waals surface area contributed by atoms with Gasteiger partial charge in [0.05, 0.1) is 18.8 Å². The Bertz CT molecular complexity index is 1670. The first-order valence-corrected chi connectivity index (χ1v) is 15.2. The maximum Gasteiger partial charge on any atom is 0.338 e. The summed E-state index contributed by atoms with van der Waals surface area (Å²) in [6, 6.07) is 21.3. The topological polar surface area (TPSA) is 134 Å². The molecule has 0 radical (unpaired) electrons. The SMILES string of the molecule is O=C(OCCCCCl)c1cccc(-c2noc(-c3cccc(-c4nc(-c5cccc(C(O)OCCCCCl)c5)no4)c3)n2)c1. The molecule has 0 amide bonds. The lowest BCUT2D eigenvalue weighted by Crippen LogP contribution is -2.06. The zero-order chi connectivity index (χ0) is 30.7. The first-order chi connectivity index (χ1) is 21.6. The van der Waals surface area contributed by atoms with Gasteiger partial charge < -0.3 is 23.6 Å². The van der Waals surface area contributed by atoms with Crippen LogP contribution in [0.3, 0.4) is 0 Å². The first-order valence-electron chi connectivity index (χ1n) is 14.1. The summed E-state index contributed by atoms with van der Waals surface area (Å²) in [5.41, 5.74) is 3.55. The van der Waals surface area contributed by atoms with Crippen molar-refractivity contribution in [2.24, 2.45) is 0 Å². The molecule has 0 spiro atoms. The molecule has 1 atom stereocenters. The molecule has 0 fully saturated rings. The van der Waals surface area contributed by atoms with Crippen molar-refractivity contribution >= 4 is 29.2 Å². The van der Waals surface area contributed by atoms with Crippen molar-refractivity contribution in [1.29, 1.82) is 0 Å². The summed E-state index contributed by atoms with van der Waals surface area (Å²) in [6.07, 6.45) is 1.99. The van der Waals surface area contributed by atoms with E-state index in [0.717, 1.165) is 19.3 Å². The predicted molar refractivity (Wildman–Crippen MR) is 165 cm³/mol. The Morgan fingerprint density at radius 1 is 0.727 bits per heavy atom. The molecule has 0 aliphatic rings. The Kier molecular flexibility index (Phi) is 11.1. The number of ether oxygens (including phenoxy) is 2. The lowest BCUT2D eigenvalue weighted by Gasteiger charge is -2.12. The van der Waals surface area contributed by atoms with Gasteiger partial charge in [0.2, 0.25) is 11.6 Å². The number of esters is 1. The highest BCUT2D eigenvalue weighted by Gasteiger charge is 2.17. The summed E-state index contributed by atoms with van der Waals surface area (Å²) in [7, 11) is 0. The van der Waals surface area contributed by atoms with Crippen LogP contribution in [-0.4, -0.2) is 56.3 Å². The van der Waals surface area contributed by atoms with Crippen molar-refractivity contribution in [3.63, 3.8) is 0 Å². The number of alkyl halides is 2. The van der Waals surface area contributed by atoms with Gasteiger partial charge in [0.15, 0.2) is 6.29 Å². The molecule has 0 saturated heterocycles. The Balaban J connectivity index is 1.28. The average Bonchev–Trinajstić information content (AvgIpc) is 3.77. The van der Waals surface area contributed by atoms with Crippen LogP contribution in [0.2, 0.25) is 0 Å². The van der Waals surface area contributed by atoms with Crippen LogP contribution in [-0.2, 0) is 9.47 Å². The molecule has 3 aromatic carbocycles. The van der Waals surface area contributed by atoms with E-state index in [2.05, 4.69) is 20.3 Å². The van der Waals surface area contributed by atoms with Gasteiger partial charge in [0.1, 0.15) is 0 Å². The van der Waals surface area contributed by atoms with E-state index in [4.69, 9.17) is 41.7 Å². The molecule has 44 heavy (non-hydrogen) atoms. The van der Waals surface area contributed by atoms with E-state index in [1.807, 2.05) is 24.3 Å². The van der Waals surface area contributed by atoms with Crippen LogP contribution in [0.1, 0.15) is 47.9 Å². The van der Waals surface area contributed by atoms with E-state index in [0.29, 0.717) is 82.3 Å². The van der Waals surface area contributed by atoms with Crippen molar-refractivity contribution in [1.82, 2.24) is 20.3 Å². The number of halogens is 2. The molecular weight excluding hydrogens is 607 g/mol. The zero-order valence-corrected chi connectivity index (χ0v) is 25.2. The van der Waals surface area contributed by atoms with Crippen molar-refractivity contribution in [2.75, 3.05) is 25.0 Å². The fourth-order valence-corrected chi connectivity index (χ4v) is 4.63. The molecule has 1 N–H and O–H groups in total. The molecule has 0 bridgehead atoms. The van der Waals surface area contributed by atoms with Crippen LogP contribution >= 0.6 is 23.2 Å². The number of carbonyl (C=O) groups is 1. The average molecular weight is 638 g/mol. The summed E-state index contributed by atoms with van der Waals surface area (Å²) >= 11 is 11.4. The van der Waals surface area contributed by atoms with Gasteiger partial charge in [0.25, 0.3) is 11.8 Å². The molecular formula is C32H30Cl2N4O6. The molecule has 10 nitrogen and oxygen atoms in total. The fraction of sp³-hybridized carbons (Fsp3) is 0.281. The summed E-state index contributed by atoms with van der Waals surface area (Å²) in [6.45, 7) is 0.708. The Morgan fingerprint density at radius 2 is 1.30 bits per heavy atom. The number of nitrogens with zero attached hydrogens (tertiary/aromatic N) is 4. The van der Waals surface area contributed by atoms with E-state index < -0.39 is 12.3 Å². The van der Waals surface area contributed by atoms with Crippen LogP contribution in [0.15, 0.2) is 81.8 Å². The Morgan fingerprint density at radius 3 is 1.95 bits per heavy atom. The van der Waals surface area contributed by atoms with Crippen molar-refractivity contribution < 1.29 is 28.4 Å². The van der Waals surface area contributed by atoms with E-state index >= 15 is 0 Å².